The van der Waals surface area contributed by atoms with Crippen molar-refractivity contribution in [2.45, 2.75) is 91.1 Å². The van der Waals surface area contributed by atoms with E-state index in [0.29, 0.717) is 0 Å². The summed E-state index contributed by atoms with van der Waals surface area (Å²) in [6.07, 6.45) is 13.1. The van der Waals surface area contributed by atoms with Crippen molar-refractivity contribution < 1.29 is 0 Å². The maximum atomic E-state index is 2.59. The monoisotopic (exact) mass is 467 g/mol. The Morgan fingerprint density at radius 1 is 0.529 bits per heavy atom. The molecule has 0 saturated carbocycles. The first-order valence-corrected chi connectivity index (χ1v) is 16.8. The van der Waals surface area contributed by atoms with E-state index in [1.54, 1.807) is 21.9 Å². The van der Waals surface area contributed by atoms with Crippen molar-refractivity contribution in [1.82, 2.24) is 0 Å². The minimum Gasteiger partial charge on any atom is -0.0654 e. The molecule has 0 unspecified atom stereocenters. The fourth-order valence-electron chi connectivity index (χ4n) is 5.76. The van der Waals surface area contributed by atoms with E-state index in [4.69, 9.17) is 0 Å². The van der Waals surface area contributed by atoms with Crippen LogP contribution in [0.4, 0.5) is 0 Å². The Balaban J connectivity index is 1.69. The molecule has 0 heterocycles. The molecule has 0 atom stereocenters. The van der Waals surface area contributed by atoms with Gasteiger partial charge in [0.1, 0.15) is 0 Å². The summed E-state index contributed by atoms with van der Waals surface area (Å²) in [5.74, 6) is 0. The first-order chi connectivity index (χ1) is 16.6. The molecule has 4 rings (SSSR count). The first kappa shape index (κ1) is 25.0. The van der Waals surface area contributed by atoms with E-state index < -0.39 is 8.07 Å². The van der Waals surface area contributed by atoms with E-state index in [9.17, 15) is 0 Å². The molecular formula is C33H43Si. The molecule has 0 bridgehead atoms. The van der Waals surface area contributed by atoms with E-state index in [1.807, 2.05) is 0 Å². The summed E-state index contributed by atoms with van der Waals surface area (Å²) >= 11 is 0. The maximum Gasteiger partial charge on any atom is 0.0975 e. The molecule has 0 N–H and O–H groups in total. The molecule has 0 fully saturated rings. The standard InChI is InChI=1S/C33H43Si/c1-5-7-9-11-17-26-23-27(18-12-10-8-6-2)25-28(24-26)34(3,4)33-31-21-15-13-19-29(31)30-20-14-16-22-32(30)33/h13-16,19-25H,5-12,17-18H2,1-4H3. The van der Waals surface area contributed by atoms with Gasteiger partial charge in [0.2, 0.25) is 0 Å². The molecule has 0 aromatic heterocycles. The van der Waals surface area contributed by atoms with Gasteiger partial charge in [-0.1, -0.05) is 137 Å². The van der Waals surface area contributed by atoms with E-state index in [2.05, 4.69) is 93.7 Å². The Morgan fingerprint density at radius 3 is 1.41 bits per heavy atom. The van der Waals surface area contributed by atoms with Gasteiger partial charge in [-0.25, -0.2) is 0 Å². The average molecular weight is 468 g/mol. The highest BCUT2D eigenvalue weighted by atomic mass is 28.3. The summed E-state index contributed by atoms with van der Waals surface area (Å²) in [6.45, 7) is 9.77. The molecule has 0 nitrogen and oxygen atoms in total. The highest BCUT2D eigenvalue weighted by Crippen LogP contribution is 2.47. The molecule has 1 aliphatic rings. The van der Waals surface area contributed by atoms with Crippen molar-refractivity contribution in [2.75, 3.05) is 0 Å². The van der Waals surface area contributed by atoms with Gasteiger partial charge >= 0.3 is 0 Å². The van der Waals surface area contributed by atoms with Crippen molar-refractivity contribution in [3.63, 3.8) is 0 Å². The number of fused-ring (bicyclic) bond motifs is 3. The Morgan fingerprint density at radius 2 is 0.971 bits per heavy atom. The van der Waals surface area contributed by atoms with Crippen molar-refractivity contribution in [3.05, 3.63) is 94.5 Å². The highest BCUT2D eigenvalue weighted by Gasteiger charge is 2.42. The molecular weight excluding hydrogens is 424 g/mol. The summed E-state index contributed by atoms with van der Waals surface area (Å²) in [5, 5.41) is 1.62. The highest BCUT2D eigenvalue weighted by molar-refractivity contribution is 6.96. The minimum absolute atomic E-state index is 1.22. The third-order valence-electron chi connectivity index (χ3n) is 7.72. The summed E-state index contributed by atoms with van der Waals surface area (Å²) in [5.41, 5.74) is 10.5. The van der Waals surface area contributed by atoms with E-state index in [0.717, 1.165) is 0 Å². The SMILES string of the molecule is CCCCCCc1cc(CCCCCC)cc([Si](C)(C)[C]2c3ccccc3-c3ccccc32)c1. The second-order valence-electron chi connectivity index (χ2n) is 10.8. The van der Waals surface area contributed by atoms with Crippen LogP contribution in [-0.2, 0) is 12.8 Å². The molecule has 3 aromatic carbocycles. The molecule has 0 saturated heterocycles. The van der Waals surface area contributed by atoms with E-state index in [-0.39, 0.29) is 0 Å². The number of aryl methyl sites for hydroxylation is 2. The zero-order valence-electron chi connectivity index (χ0n) is 21.9. The molecule has 0 spiro atoms. The van der Waals surface area contributed by atoms with Gasteiger partial charge < -0.3 is 0 Å². The molecule has 179 valence electrons. The molecule has 0 amide bonds. The van der Waals surface area contributed by atoms with Crippen LogP contribution in [0.15, 0.2) is 66.7 Å². The largest absolute Gasteiger partial charge is 0.0975 e. The maximum absolute atomic E-state index is 2.59. The summed E-state index contributed by atoms with van der Waals surface area (Å²) in [6, 6.07) is 25.9. The quantitative estimate of drug-likeness (QED) is 0.184. The molecule has 1 radical (unpaired) electrons. The number of hydrogen-bond donors (Lipinski definition) is 0. The van der Waals surface area contributed by atoms with Gasteiger partial charge in [-0.3, -0.25) is 0 Å². The van der Waals surface area contributed by atoms with Crippen LogP contribution in [-0.4, -0.2) is 8.07 Å². The fraction of sp³-hybridized carbons (Fsp3) is 0.424. The smallest absolute Gasteiger partial charge is 0.0654 e. The van der Waals surface area contributed by atoms with Crippen LogP contribution in [0.5, 0.6) is 0 Å². The Kier molecular flexibility index (Phi) is 8.48. The van der Waals surface area contributed by atoms with Crippen LogP contribution in [0, 0.1) is 5.54 Å². The van der Waals surface area contributed by atoms with Gasteiger partial charge in [0.25, 0.3) is 0 Å². The predicted octanol–water partition coefficient (Wildman–Crippen LogP) is 9.04. The van der Waals surface area contributed by atoms with Gasteiger partial charge in [0, 0.05) is 5.54 Å². The normalized spacial score (nSPS) is 13.2. The summed E-state index contributed by atoms with van der Waals surface area (Å²) < 4.78 is 0. The lowest BCUT2D eigenvalue weighted by atomic mass is 10.0. The number of rotatable bonds is 12. The summed E-state index contributed by atoms with van der Waals surface area (Å²) in [7, 11) is -1.90. The van der Waals surface area contributed by atoms with Crippen LogP contribution < -0.4 is 5.19 Å². The van der Waals surface area contributed by atoms with Gasteiger partial charge in [0.05, 0.1) is 8.07 Å². The van der Waals surface area contributed by atoms with E-state index >= 15 is 0 Å². The van der Waals surface area contributed by atoms with E-state index in [1.165, 1.54) is 86.5 Å². The number of benzene rings is 3. The molecule has 3 aromatic rings. The lowest BCUT2D eigenvalue weighted by Crippen LogP contribution is -2.48. The number of unbranched alkanes of at least 4 members (excludes halogenated alkanes) is 6. The number of hydrogen-bond acceptors (Lipinski definition) is 0. The minimum atomic E-state index is -1.90. The second-order valence-corrected chi connectivity index (χ2v) is 15.1. The van der Waals surface area contributed by atoms with Gasteiger partial charge in [-0.15, -0.1) is 0 Å². The Hall–Kier alpha value is -2.12. The van der Waals surface area contributed by atoms with Crippen LogP contribution >= 0.6 is 0 Å². The van der Waals surface area contributed by atoms with Gasteiger partial charge in [0.15, 0.2) is 0 Å². The Bertz CT molecular complexity index is 1000. The van der Waals surface area contributed by atoms with Crippen LogP contribution in [0.3, 0.4) is 0 Å². The zero-order chi connectivity index (χ0) is 24.0. The van der Waals surface area contributed by atoms with Crippen LogP contribution in [0.25, 0.3) is 11.1 Å². The van der Waals surface area contributed by atoms with Gasteiger partial charge in [-0.05, 0) is 59.1 Å². The van der Waals surface area contributed by atoms with Crippen LogP contribution in [0.2, 0.25) is 13.1 Å². The lowest BCUT2D eigenvalue weighted by Gasteiger charge is -2.32. The molecule has 1 aliphatic carbocycles. The average Bonchev–Trinajstić information content (AvgIpc) is 3.20. The van der Waals surface area contributed by atoms with Crippen LogP contribution in [0.1, 0.15) is 87.5 Å². The Labute approximate surface area is 209 Å². The second kappa shape index (κ2) is 11.5. The third-order valence-corrected chi connectivity index (χ3v) is 11.2. The predicted molar refractivity (Wildman–Crippen MR) is 153 cm³/mol. The van der Waals surface area contributed by atoms with Crippen molar-refractivity contribution in [3.8, 4) is 11.1 Å². The van der Waals surface area contributed by atoms with Crippen molar-refractivity contribution in [1.29, 1.82) is 0 Å². The fourth-order valence-corrected chi connectivity index (χ4v) is 8.92. The molecule has 34 heavy (non-hydrogen) atoms. The third kappa shape index (κ3) is 5.41. The molecule has 0 aliphatic heterocycles. The van der Waals surface area contributed by atoms with Crippen molar-refractivity contribution >= 4 is 13.3 Å². The zero-order valence-corrected chi connectivity index (χ0v) is 22.9. The lowest BCUT2D eigenvalue weighted by molar-refractivity contribution is 0.661. The summed E-state index contributed by atoms with van der Waals surface area (Å²) in [4.78, 5) is 0. The first-order valence-electron chi connectivity index (χ1n) is 13.8. The topological polar surface area (TPSA) is 0 Å². The van der Waals surface area contributed by atoms with Gasteiger partial charge in [-0.2, -0.15) is 0 Å². The molecule has 1 heteroatoms. The van der Waals surface area contributed by atoms with Crippen molar-refractivity contribution in [2.24, 2.45) is 0 Å².